The van der Waals surface area contributed by atoms with Gasteiger partial charge >= 0.3 is 0 Å². The van der Waals surface area contributed by atoms with Crippen molar-refractivity contribution in [2.75, 3.05) is 17.2 Å². The molecule has 130 valence electrons. The number of amides is 2. The molecule has 0 unspecified atom stereocenters. The second kappa shape index (κ2) is 7.93. The molecule has 0 atom stereocenters. The van der Waals surface area contributed by atoms with Gasteiger partial charge in [-0.05, 0) is 42.3 Å². The largest absolute Gasteiger partial charge is 0.352 e. The first kappa shape index (κ1) is 17.8. The zero-order chi connectivity index (χ0) is 17.8. The Morgan fingerprint density at radius 3 is 2.88 bits per heavy atom. The monoisotopic (exact) mass is 374 g/mol. The molecule has 0 fully saturated rings. The lowest BCUT2D eigenvalue weighted by Crippen LogP contribution is -2.35. The topological polar surface area (TPSA) is 49.4 Å². The number of hydrogen-bond donors (Lipinski definition) is 1. The van der Waals surface area contributed by atoms with Crippen molar-refractivity contribution in [2.24, 2.45) is 0 Å². The Kier molecular flexibility index (Phi) is 5.66. The number of nitrogens with zero attached hydrogens (tertiary/aromatic N) is 1. The number of hydrogen-bond acceptors (Lipinski definition) is 3. The van der Waals surface area contributed by atoms with Gasteiger partial charge in [0.05, 0.1) is 18.0 Å². The van der Waals surface area contributed by atoms with Gasteiger partial charge in [-0.2, -0.15) is 0 Å². The lowest BCUT2D eigenvalue weighted by Gasteiger charge is -2.29. The average Bonchev–Trinajstić information content (AvgIpc) is 2.61. The Balaban J connectivity index is 1.90. The van der Waals surface area contributed by atoms with Crippen LogP contribution in [0.1, 0.15) is 29.3 Å². The van der Waals surface area contributed by atoms with E-state index in [-0.39, 0.29) is 11.8 Å². The van der Waals surface area contributed by atoms with E-state index in [0.717, 1.165) is 22.6 Å². The minimum absolute atomic E-state index is 0.0311. The van der Waals surface area contributed by atoms with Crippen LogP contribution < -0.4 is 10.2 Å². The predicted octanol–water partition coefficient (Wildman–Crippen LogP) is 4.12. The third-order valence-electron chi connectivity index (χ3n) is 3.93. The predicted molar refractivity (Wildman–Crippen MR) is 102 cm³/mol. The zero-order valence-electron chi connectivity index (χ0n) is 13.9. The van der Waals surface area contributed by atoms with Crippen LogP contribution in [0.2, 0.25) is 5.02 Å². The Hall–Kier alpha value is -1.98. The number of halogens is 1. The van der Waals surface area contributed by atoms with Crippen molar-refractivity contribution in [3.8, 4) is 0 Å². The number of nitrogens with one attached hydrogen (secondary N) is 1. The molecule has 0 aliphatic carbocycles. The molecule has 2 aromatic rings. The van der Waals surface area contributed by atoms with Crippen LogP contribution in [-0.4, -0.2) is 24.1 Å². The molecule has 2 amide bonds. The van der Waals surface area contributed by atoms with Crippen LogP contribution in [0, 0.1) is 0 Å². The van der Waals surface area contributed by atoms with E-state index in [2.05, 4.69) is 5.32 Å². The highest BCUT2D eigenvalue weighted by Crippen LogP contribution is 2.37. The fraction of sp³-hybridized carbons (Fsp3) is 0.263. The summed E-state index contributed by atoms with van der Waals surface area (Å²) in [4.78, 5) is 27.5. The van der Waals surface area contributed by atoms with E-state index in [1.807, 2.05) is 43.3 Å². The summed E-state index contributed by atoms with van der Waals surface area (Å²) in [5.74, 6) is 0.313. The van der Waals surface area contributed by atoms with Gasteiger partial charge < -0.3 is 10.2 Å². The van der Waals surface area contributed by atoms with Crippen LogP contribution >= 0.6 is 23.4 Å². The summed E-state index contributed by atoms with van der Waals surface area (Å²) in [6.45, 7) is 3.08. The molecule has 0 aromatic heterocycles. The molecule has 1 aliphatic rings. The Morgan fingerprint density at radius 1 is 1.28 bits per heavy atom. The smallest absolute Gasteiger partial charge is 0.251 e. The summed E-state index contributed by atoms with van der Waals surface area (Å²) in [6.07, 6.45) is 0.881. The molecule has 0 saturated carbocycles. The molecule has 1 aliphatic heterocycles. The molecule has 0 spiro atoms. The Morgan fingerprint density at radius 2 is 2.12 bits per heavy atom. The van der Waals surface area contributed by atoms with E-state index in [1.54, 1.807) is 11.0 Å². The quantitative estimate of drug-likeness (QED) is 0.856. The van der Waals surface area contributed by atoms with Gasteiger partial charge in [0, 0.05) is 22.0 Å². The minimum atomic E-state index is -0.115. The van der Waals surface area contributed by atoms with Gasteiger partial charge in [0.25, 0.3) is 5.91 Å². The first-order valence-corrected chi connectivity index (χ1v) is 9.54. The molecule has 1 heterocycles. The summed E-state index contributed by atoms with van der Waals surface area (Å²) in [5, 5.41) is 3.51. The molecule has 0 radical (unpaired) electrons. The lowest BCUT2D eigenvalue weighted by molar-refractivity contribution is -0.116. The third kappa shape index (κ3) is 4.17. The number of thioether (sulfide) groups is 1. The third-order valence-corrected chi connectivity index (χ3v) is 5.21. The lowest BCUT2D eigenvalue weighted by atomic mass is 10.1. The first-order valence-electron chi connectivity index (χ1n) is 8.18. The maximum absolute atomic E-state index is 12.5. The molecular formula is C19H19ClN2O2S. The van der Waals surface area contributed by atoms with E-state index in [4.69, 9.17) is 11.6 Å². The van der Waals surface area contributed by atoms with Crippen molar-refractivity contribution in [3.05, 3.63) is 58.6 Å². The van der Waals surface area contributed by atoms with E-state index in [9.17, 15) is 9.59 Å². The van der Waals surface area contributed by atoms with Crippen molar-refractivity contribution in [1.82, 2.24) is 5.32 Å². The first-order chi connectivity index (χ1) is 12.1. The highest BCUT2D eigenvalue weighted by atomic mass is 35.5. The molecule has 1 N–H and O–H groups in total. The number of rotatable bonds is 5. The number of carbonyl (C=O) groups is 2. The van der Waals surface area contributed by atoms with Gasteiger partial charge in [-0.1, -0.05) is 30.7 Å². The summed E-state index contributed by atoms with van der Waals surface area (Å²) < 4.78 is 0. The summed E-state index contributed by atoms with van der Waals surface area (Å²) in [7, 11) is 0. The molecule has 3 rings (SSSR count). The molecule has 4 nitrogen and oxygen atoms in total. The highest BCUT2D eigenvalue weighted by Gasteiger charge is 2.26. The van der Waals surface area contributed by atoms with Crippen molar-refractivity contribution in [3.63, 3.8) is 0 Å². The maximum Gasteiger partial charge on any atom is 0.251 e. The SMILES string of the molecule is CCCNC(=O)c1ccc2c(c1)N(Cc1cccc(Cl)c1)C(=O)CS2. The molecule has 25 heavy (non-hydrogen) atoms. The molecule has 6 heteroatoms. The van der Waals surface area contributed by atoms with Crippen LogP contribution in [-0.2, 0) is 11.3 Å². The summed E-state index contributed by atoms with van der Waals surface area (Å²) >= 11 is 7.56. The minimum Gasteiger partial charge on any atom is -0.352 e. The summed E-state index contributed by atoms with van der Waals surface area (Å²) in [5.41, 5.74) is 2.31. The van der Waals surface area contributed by atoms with Crippen LogP contribution in [0.5, 0.6) is 0 Å². The average molecular weight is 375 g/mol. The number of anilines is 1. The van der Waals surface area contributed by atoms with Gasteiger partial charge in [0.2, 0.25) is 5.91 Å². The molecule has 0 saturated heterocycles. The van der Waals surface area contributed by atoms with Crippen LogP contribution in [0.4, 0.5) is 5.69 Å². The molecular weight excluding hydrogens is 356 g/mol. The Labute approximate surface area is 156 Å². The van der Waals surface area contributed by atoms with Crippen molar-refractivity contribution in [1.29, 1.82) is 0 Å². The van der Waals surface area contributed by atoms with Crippen molar-refractivity contribution in [2.45, 2.75) is 24.8 Å². The van der Waals surface area contributed by atoms with E-state index in [1.165, 1.54) is 11.8 Å². The molecule has 0 bridgehead atoms. The van der Waals surface area contributed by atoms with Crippen molar-refractivity contribution < 1.29 is 9.59 Å². The van der Waals surface area contributed by atoms with E-state index < -0.39 is 0 Å². The van der Waals surface area contributed by atoms with Gasteiger partial charge in [-0.3, -0.25) is 9.59 Å². The van der Waals surface area contributed by atoms with E-state index >= 15 is 0 Å². The van der Waals surface area contributed by atoms with Crippen LogP contribution in [0.3, 0.4) is 0 Å². The van der Waals surface area contributed by atoms with E-state index in [0.29, 0.717) is 29.4 Å². The number of benzene rings is 2. The van der Waals surface area contributed by atoms with Crippen LogP contribution in [0.15, 0.2) is 47.4 Å². The normalized spacial score (nSPS) is 13.5. The van der Waals surface area contributed by atoms with Gasteiger partial charge in [-0.25, -0.2) is 0 Å². The van der Waals surface area contributed by atoms with Gasteiger partial charge in [0.1, 0.15) is 0 Å². The molecule has 2 aromatic carbocycles. The highest BCUT2D eigenvalue weighted by molar-refractivity contribution is 8.00. The van der Waals surface area contributed by atoms with Crippen molar-refractivity contribution >= 4 is 40.9 Å². The van der Waals surface area contributed by atoms with Gasteiger partial charge in [0.15, 0.2) is 0 Å². The van der Waals surface area contributed by atoms with Gasteiger partial charge in [-0.15, -0.1) is 11.8 Å². The number of fused-ring (bicyclic) bond motifs is 1. The van der Waals surface area contributed by atoms with Crippen LogP contribution in [0.25, 0.3) is 0 Å². The second-order valence-corrected chi connectivity index (χ2v) is 7.29. The second-order valence-electron chi connectivity index (χ2n) is 5.84. The standard InChI is InChI=1S/C19H19ClN2O2S/c1-2-8-21-19(24)14-6-7-17-16(10-14)22(18(23)12-25-17)11-13-4-3-5-15(20)9-13/h3-7,9-10H,2,8,11-12H2,1H3,(H,21,24). The maximum atomic E-state index is 12.5. The number of carbonyl (C=O) groups excluding carboxylic acids is 2. The summed E-state index contributed by atoms with van der Waals surface area (Å²) in [6, 6.07) is 13.0. The fourth-order valence-electron chi connectivity index (χ4n) is 2.68. The Bertz CT molecular complexity index is 810. The fourth-order valence-corrected chi connectivity index (χ4v) is 3.80. The zero-order valence-corrected chi connectivity index (χ0v) is 15.5.